The maximum atomic E-state index is 12.8. The van der Waals surface area contributed by atoms with Crippen molar-refractivity contribution in [3.63, 3.8) is 0 Å². The number of thiazole rings is 1. The Morgan fingerprint density at radius 3 is 2.61 bits per heavy atom. The highest BCUT2D eigenvalue weighted by atomic mass is 32.1. The highest BCUT2D eigenvalue weighted by molar-refractivity contribution is 7.15. The molecule has 0 saturated carbocycles. The molecule has 0 unspecified atom stereocenters. The van der Waals surface area contributed by atoms with Crippen LogP contribution in [0.15, 0.2) is 59.8 Å². The molecule has 0 fully saturated rings. The van der Waals surface area contributed by atoms with Crippen LogP contribution in [0.4, 0.5) is 18.9 Å². The standard InChI is InChI=1S/C23H19F3N2O2S/c1-13(29)10-18-11-16-4-3-5-19(21(16)28-18)30-12-20-14(2)27-22(31-20)15-6-8-17(9-7-15)23(24,25)26/h3-9,29H,1,10-12H2,2H3. The van der Waals surface area contributed by atoms with E-state index in [9.17, 15) is 18.3 Å². The summed E-state index contributed by atoms with van der Waals surface area (Å²) in [6.07, 6.45) is -3.39. The fourth-order valence-corrected chi connectivity index (χ4v) is 4.32. The first-order valence-electron chi connectivity index (χ1n) is 9.52. The quantitative estimate of drug-likeness (QED) is 0.425. The number of allylic oxidation sites excluding steroid dienone is 1. The zero-order valence-corrected chi connectivity index (χ0v) is 17.5. The van der Waals surface area contributed by atoms with E-state index >= 15 is 0 Å². The van der Waals surface area contributed by atoms with Crippen molar-refractivity contribution in [2.75, 3.05) is 0 Å². The molecule has 1 aliphatic rings. The number of hydrogen-bond donors (Lipinski definition) is 1. The SMILES string of the molecule is C=C(O)CC1=Nc2c(cccc2OCc2sc(-c3ccc(C(F)(F)F)cc3)nc2C)C1. The van der Waals surface area contributed by atoms with Gasteiger partial charge in [-0.25, -0.2) is 4.98 Å². The van der Waals surface area contributed by atoms with Gasteiger partial charge in [0.25, 0.3) is 0 Å². The number of aliphatic imine (C=N–C) groups is 1. The number of halogens is 3. The van der Waals surface area contributed by atoms with Gasteiger partial charge in [0.1, 0.15) is 23.1 Å². The lowest BCUT2D eigenvalue weighted by Gasteiger charge is -2.08. The fraction of sp³-hybridized carbons (Fsp3) is 0.217. The Morgan fingerprint density at radius 1 is 1.19 bits per heavy atom. The van der Waals surface area contributed by atoms with Gasteiger partial charge in [0.2, 0.25) is 0 Å². The molecule has 0 radical (unpaired) electrons. The summed E-state index contributed by atoms with van der Waals surface area (Å²) >= 11 is 1.39. The average Bonchev–Trinajstić information content (AvgIpc) is 3.28. The molecule has 1 aliphatic heterocycles. The van der Waals surface area contributed by atoms with Gasteiger partial charge in [0.05, 0.1) is 21.9 Å². The van der Waals surface area contributed by atoms with Gasteiger partial charge in [-0.3, -0.25) is 4.99 Å². The van der Waals surface area contributed by atoms with Crippen molar-refractivity contribution in [3.8, 4) is 16.3 Å². The van der Waals surface area contributed by atoms with E-state index < -0.39 is 11.7 Å². The van der Waals surface area contributed by atoms with Crippen LogP contribution in [0, 0.1) is 6.92 Å². The van der Waals surface area contributed by atoms with E-state index in [-0.39, 0.29) is 12.4 Å². The zero-order valence-electron chi connectivity index (χ0n) is 16.7. The second-order valence-electron chi connectivity index (χ2n) is 7.25. The van der Waals surface area contributed by atoms with Crippen LogP contribution in [0.5, 0.6) is 5.75 Å². The molecule has 31 heavy (non-hydrogen) atoms. The molecular weight excluding hydrogens is 425 g/mol. The predicted octanol–water partition coefficient (Wildman–Crippen LogP) is 6.81. The van der Waals surface area contributed by atoms with E-state index in [0.29, 0.717) is 29.2 Å². The number of benzene rings is 2. The van der Waals surface area contributed by atoms with Crippen LogP contribution in [0.25, 0.3) is 10.6 Å². The van der Waals surface area contributed by atoms with Crippen molar-refractivity contribution >= 4 is 22.7 Å². The number of ether oxygens (including phenoxy) is 1. The molecule has 2 aromatic carbocycles. The van der Waals surface area contributed by atoms with Crippen LogP contribution >= 0.6 is 11.3 Å². The zero-order chi connectivity index (χ0) is 22.2. The van der Waals surface area contributed by atoms with Crippen LogP contribution < -0.4 is 4.74 Å². The third kappa shape index (κ3) is 4.64. The lowest BCUT2D eigenvalue weighted by molar-refractivity contribution is -0.137. The largest absolute Gasteiger partial charge is 0.513 e. The van der Waals surface area contributed by atoms with Gasteiger partial charge in [-0.15, -0.1) is 11.3 Å². The van der Waals surface area contributed by atoms with Gasteiger partial charge >= 0.3 is 6.18 Å². The Bertz CT molecular complexity index is 1160. The second kappa shape index (κ2) is 8.19. The molecule has 0 atom stereocenters. The number of para-hydroxylation sites is 1. The summed E-state index contributed by atoms with van der Waals surface area (Å²) in [7, 11) is 0. The number of aliphatic hydroxyl groups excluding tert-OH is 1. The van der Waals surface area contributed by atoms with E-state index in [2.05, 4.69) is 16.6 Å². The Morgan fingerprint density at radius 2 is 1.94 bits per heavy atom. The summed E-state index contributed by atoms with van der Waals surface area (Å²) < 4.78 is 44.3. The summed E-state index contributed by atoms with van der Waals surface area (Å²) in [6.45, 7) is 5.64. The number of nitrogens with zero attached hydrogens (tertiary/aromatic N) is 2. The fourth-order valence-electron chi connectivity index (χ4n) is 3.34. The molecule has 1 N–H and O–H groups in total. The van der Waals surface area contributed by atoms with Crippen LogP contribution in [0.2, 0.25) is 0 Å². The third-order valence-corrected chi connectivity index (χ3v) is 6.05. The van der Waals surface area contributed by atoms with Gasteiger partial charge < -0.3 is 9.84 Å². The van der Waals surface area contributed by atoms with E-state index in [1.807, 2.05) is 25.1 Å². The highest BCUT2D eigenvalue weighted by Crippen LogP contribution is 2.38. The first-order valence-corrected chi connectivity index (χ1v) is 10.3. The third-order valence-electron chi connectivity index (χ3n) is 4.87. The van der Waals surface area contributed by atoms with Crippen molar-refractivity contribution < 1.29 is 23.0 Å². The van der Waals surface area contributed by atoms with E-state index in [1.54, 1.807) is 0 Å². The molecule has 0 spiro atoms. The number of fused-ring (bicyclic) bond motifs is 1. The average molecular weight is 444 g/mol. The Hall–Kier alpha value is -3.13. The van der Waals surface area contributed by atoms with Crippen molar-refractivity contribution in [2.24, 2.45) is 4.99 Å². The summed E-state index contributed by atoms with van der Waals surface area (Å²) in [4.78, 5) is 9.96. The Kier molecular flexibility index (Phi) is 5.58. The summed E-state index contributed by atoms with van der Waals surface area (Å²) in [5.41, 5.74) is 3.33. The summed E-state index contributed by atoms with van der Waals surface area (Å²) in [5.74, 6) is 0.713. The highest BCUT2D eigenvalue weighted by Gasteiger charge is 2.30. The lowest BCUT2D eigenvalue weighted by atomic mass is 10.1. The van der Waals surface area contributed by atoms with Gasteiger partial charge in [-0.05, 0) is 30.7 Å². The predicted molar refractivity (Wildman–Crippen MR) is 115 cm³/mol. The Balaban J connectivity index is 1.50. The van der Waals surface area contributed by atoms with Gasteiger partial charge in [0.15, 0.2) is 0 Å². The van der Waals surface area contributed by atoms with Crippen molar-refractivity contribution in [1.29, 1.82) is 0 Å². The molecule has 8 heteroatoms. The van der Waals surface area contributed by atoms with E-state index in [1.165, 1.54) is 23.5 Å². The smallest absolute Gasteiger partial charge is 0.416 e. The van der Waals surface area contributed by atoms with Crippen LogP contribution in [0.1, 0.15) is 28.1 Å². The number of aromatic nitrogens is 1. The molecule has 0 aliphatic carbocycles. The number of alkyl halides is 3. The Labute approximate surface area is 181 Å². The maximum absolute atomic E-state index is 12.8. The minimum Gasteiger partial charge on any atom is -0.513 e. The summed E-state index contributed by atoms with van der Waals surface area (Å²) in [5, 5.41) is 10.1. The van der Waals surface area contributed by atoms with Crippen LogP contribution in [-0.2, 0) is 19.2 Å². The molecular formula is C23H19F3N2O2S. The molecule has 4 rings (SSSR count). The molecule has 0 amide bonds. The number of rotatable bonds is 6. The van der Waals surface area contributed by atoms with Crippen LogP contribution in [0.3, 0.4) is 0 Å². The molecule has 0 bridgehead atoms. The van der Waals surface area contributed by atoms with Crippen molar-refractivity contribution in [2.45, 2.75) is 32.5 Å². The molecule has 1 aromatic heterocycles. The minimum atomic E-state index is -4.36. The van der Waals surface area contributed by atoms with E-state index in [4.69, 9.17) is 4.74 Å². The van der Waals surface area contributed by atoms with Crippen molar-refractivity contribution in [1.82, 2.24) is 4.98 Å². The van der Waals surface area contributed by atoms with Gasteiger partial charge in [-0.2, -0.15) is 13.2 Å². The number of hydrogen-bond acceptors (Lipinski definition) is 5. The maximum Gasteiger partial charge on any atom is 0.416 e. The summed E-state index contributed by atoms with van der Waals surface area (Å²) in [6, 6.07) is 10.7. The molecule has 2 heterocycles. The molecule has 0 saturated heterocycles. The monoisotopic (exact) mass is 444 g/mol. The molecule has 3 aromatic rings. The first-order chi connectivity index (χ1) is 14.7. The molecule has 4 nitrogen and oxygen atoms in total. The van der Waals surface area contributed by atoms with Crippen molar-refractivity contribution in [3.05, 3.63) is 76.5 Å². The molecule has 160 valence electrons. The lowest BCUT2D eigenvalue weighted by Crippen LogP contribution is -2.03. The van der Waals surface area contributed by atoms with Crippen LogP contribution in [-0.4, -0.2) is 15.8 Å². The normalized spacial score (nSPS) is 13.1. The second-order valence-corrected chi connectivity index (χ2v) is 8.34. The minimum absolute atomic E-state index is 0.0742. The van der Waals surface area contributed by atoms with E-state index in [0.717, 1.165) is 39.7 Å². The topological polar surface area (TPSA) is 54.7 Å². The number of aryl methyl sites for hydroxylation is 1. The first kappa shape index (κ1) is 21.1. The van der Waals surface area contributed by atoms with Gasteiger partial charge in [-0.1, -0.05) is 30.8 Å². The van der Waals surface area contributed by atoms with Gasteiger partial charge in [0, 0.05) is 24.1 Å². The number of aliphatic hydroxyl groups is 1.